The summed E-state index contributed by atoms with van der Waals surface area (Å²) in [6.07, 6.45) is 2.79. The Bertz CT molecular complexity index is 1350. The number of aliphatic hydroxyl groups excluding tert-OH is 2. The highest BCUT2D eigenvalue weighted by Gasteiger charge is 2.24. The molecule has 0 saturated carbocycles. The SMILES string of the molecule is CCC(C)COc1ccc(C(C)(C)c2ccc(OCC(C)CC)cc2)cc1.CCC(O)COc1ccc(C(C)(C)c2ccc(OCC(O)CC)cc2)cc1. The second-order valence-electron chi connectivity index (χ2n) is 15.7. The minimum absolute atomic E-state index is 0.0650. The molecular formula is C48H68O6. The topological polar surface area (TPSA) is 77.4 Å². The maximum Gasteiger partial charge on any atom is 0.119 e. The molecule has 2 N–H and O–H groups in total. The molecule has 54 heavy (non-hydrogen) atoms. The Morgan fingerprint density at radius 1 is 0.389 bits per heavy atom. The molecular weight excluding hydrogens is 673 g/mol. The maximum atomic E-state index is 9.61. The van der Waals surface area contributed by atoms with E-state index in [9.17, 15) is 10.2 Å². The number of benzene rings is 4. The zero-order valence-electron chi connectivity index (χ0n) is 34.7. The second-order valence-corrected chi connectivity index (χ2v) is 15.7. The van der Waals surface area contributed by atoms with Crippen LogP contribution in [0.1, 0.15) is 117 Å². The number of rotatable bonds is 20. The van der Waals surface area contributed by atoms with Crippen LogP contribution in [0.15, 0.2) is 97.1 Å². The predicted molar refractivity (Wildman–Crippen MR) is 224 cm³/mol. The molecule has 4 unspecified atom stereocenters. The van der Waals surface area contributed by atoms with Gasteiger partial charge in [-0.15, -0.1) is 0 Å². The molecule has 4 atom stereocenters. The quantitative estimate of drug-likeness (QED) is 0.0939. The molecule has 0 aliphatic carbocycles. The summed E-state index contributed by atoms with van der Waals surface area (Å²) in [6.45, 7) is 23.7. The fourth-order valence-corrected chi connectivity index (χ4v) is 5.54. The van der Waals surface area contributed by atoms with Gasteiger partial charge in [-0.25, -0.2) is 0 Å². The first-order chi connectivity index (χ1) is 25.7. The van der Waals surface area contributed by atoms with E-state index >= 15 is 0 Å². The van der Waals surface area contributed by atoms with Crippen molar-refractivity contribution in [1.82, 2.24) is 0 Å². The normalized spacial score (nSPS) is 13.9. The van der Waals surface area contributed by atoms with Crippen molar-refractivity contribution in [3.8, 4) is 23.0 Å². The molecule has 0 amide bonds. The standard InChI is InChI=1S/C25H36O2.C23H32O4/c1-7-19(3)17-26-23-13-9-21(10-14-23)25(5,6)22-11-15-24(16-12-22)27-18-20(4)8-2;1-5-19(24)15-26-21-11-7-17(8-12-21)23(3,4)18-9-13-22(14-10-18)27-16-20(25)6-2/h9-16,19-20H,7-8,17-18H2,1-6H3;7-14,19-20,24-25H,5-6,15-16H2,1-4H3. The summed E-state index contributed by atoms with van der Waals surface area (Å²) in [7, 11) is 0. The van der Waals surface area contributed by atoms with Gasteiger partial charge in [0.05, 0.1) is 25.4 Å². The molecule has 0 saturated heterocycles. The van der Waals surface area contributed by atoms with E-state index in [0.717, 1.165) is 49.1 Å². The first-order valence-electron chi connectivity index (χ1n) is 20.0. The van der Waals surface area contributed by atoms with Crippen LogP contribution in [0.4, 0.5) is 0 Å². The summed E-state index contributed by atoms with van der Waals surface area (Å²) in [5, 5.41) is 19.2. The first-order valence-corrected chi connectivity index (χ1v) is 20.0. The molecule has 0 fully saturated rings. The number of aliphatic hydroxyl groups is 2. The van der Waals surface area contributed by atoms with Gasteiger partial charge in [0, 0.05) is 10.8 Å². The molecule has 4 aromatic carbocycles. The highest BCUT2D eigenvalue weighted by molar-refractivity contribution is 5.43. The smallest absolute Gasteiger partial charge is 0.119 e. The zero-order valence-corrected chi connectivity index (χ0v) is 34.7. The van der Waals surface area contributed by atoms with Crippen LogP contribution in [0.25, 0.3) is 0 Å². The summed E-state index contributed by atoms with van der Waals surface area (Å²) in [5.41, 5.74) is 4.70. The predicted octanol–water partition coefficient (Wildman–Crippen LogP) is 11.2. The van der Waals surface area contributed by atoms with E-state index in [-0.39, 0.29) is 10.8 Å². The molecule has 0 aliphatic rings. The molecule has 6 heteroatoms. The molecule has 6 nitrogen and oxygen atoms in total. The Morgan fingerprint density at radius 3 is 0.815 bits per heavy atom. The summed E-state index contributed by atoms with van der Waals surface area (Å²) in [6, 6.07) is 33.1. The van der Waals surface area contributed by atoms with Crippen molar-refractivity contribution in [1.29, 1.82) is 0 Å². The molecule has 0 bridgehead atoms. The summed E-state index contributed by atoms with van der Waals surface area (Å²) in [5.74, 6) is 4.59. The lowest BCUT2D eigenvalue weighted by Gasteiger charge is -2.26. The number of hydrogen-bond donors (Lipinski definition) is 2. The third-order valence-electron chi connectivity index (χ3n) is 10.6. The summed E-state index contributed by atoms with van der Waals surface area (Å²) < 4.78 is 23.0. The zero-order chi connectivity index (χ0) is 39.7. The van der Waals surface area contributed by atoms with Crippen LogP contribution >= 0.6 is 0 Å². The van der Waals surface area contributed by atoms with Crippen LogP contribution < -0.4 is 18.9 Å². The number of ether oxygens (including phenoxy) is 4. The minimum atomic E-state index is -0.430. The van der Waals surface area contributed by atoms with Crippen molar-refractivity contribution in [2.24, 2.45) is 11.8 Å². The van der Waals surface area contributed by atoms with Gasteiger partial charge in [-0.05, 0) is 95.5 Å². The van der Waals surface area contributed by atoms with Gasteiger partial charge in [-0.2, -0.15) is 0 Å². The Labute approximate surface area is 326 Å². The molecule has 0 radical (unpaired) electrons. The fraction of sp³-hybridized carbons (Fsp3) is 0.500. The summed E-state index contributed by atoms with van der Waals surface area (Å²) >= 11 is 0. The van der Waals surface area contributed by atoms with Gasteiger partial charge < -0.3 is 29.2 Å². The van der Waals surface area contributed by atoms with Crippen molar-refractivity contribution < 1.29 is 29.2 Å². The highest BCUT2D eigenvalue weighted by atomic mass is 16.5. The van der Waals surface area contributed by atoms with Crippen molar-refractivity contribution in [3.05, 3.63) is 119 Å². The molecule has 4 aromatic rings. The maximum absolute atomic E-state index is 9.61. The van der Waals surface area contributed by atoms with Gasteiger partial charge in [0.2, 0.25) is 0 Å². The van der Waals surface area contributed by atoms with E-state index in [0.29, 0.717) is 37.9 Å². The molecule has 0 spiro atoms. The van der Waals surface area contributed by atoms with Crippen LogP contribution in [-0.4, -0.2) is 48.8 Å². The van der Waals surface area contributed by atoms with Gasteiger partial charge in [0.1, 0.15) is 36.2 Å². The minimum Gasteiger partial charge on any atom is -0.493 e. The third-order valence-corrected chi connectivity index (χ3v) is 10.6. The monoisotopic (exact) mass is 741 g/mol. The van der Waals surface area contributed by atoms with Crippen LogP contribution in [-0.2, 0) is 10.8 Å². The Morgan fingerprint density at radius 2 is 0.611 bits per heavy atom. The molecule has 0 aliphatic heterocycles. The first kappa shape index (κ1) is 44.4. The Kier molecular flexibility index (Phi) is 17.9. The van der Waals surface area contributed by atoms with Crippen LogP contribution in [0.2, 0.25) is 0 Å². The van der Waals surface area contributed by atoms with Gasteiger partial charge in [0.15, 0.2) is 0 Å². The summed E-state index contributed by atoms with van der Waals surface area (Å²) in [4.78, 5) is 0. The average molecular weight is 741 g/mol. The lowest BCUT2D eigenvalue weighted by Crippen LogP contribution is -2.19. The van der Waals surface area contributed by atoms with E-state index in [1.165, 1.54) is 22.3 Å². The van der Waals surface area contributed by atoms with Crippen LogP contribution in [0.3, 0.4) is 0 Å². The Hall–Kier alpha value is -4.00. The van der Waals surface area contributed by atoms with E-state index in [2.05, 4.69) is 128 Å². The van der Waals surface area contributed by atoms with Gasteiger partial charge in [0.25, 0.3) is 0 Å². The van der Waals surface area contributed by atoms with Crippen molar-refractivity contribution in [3.63, 3.8) is 0 Å². The lowest BCUT2D eigenvalue weighted by atomic mass is 9.78. The molecule has 0 heterocycles. The van der Waals surface area contributed by atoms with Gasteiger partial charge in [-0.3, -0.25) is 0 Å². The van der Waals surface area contributed by atoms with E-state index in [1.54, 1.807) is 0 Å². The lowest BCUT2D eigenvalue weighted by molar-refractivity contribution is 0.104. The van der Waals surface area contributed by atoms with Crippen molar-refractivity contribution >= 4 is 0 Å². The third kappa shape index (κ3) is 13.7. The highest BCUT2D eigenvalue weighted by Crippen LogP contribution is 2.35. The fourth-order valence-electron chi connectivity index (χ4n) is 5.54. The van der Waals surface area contributed by atoms with Crippen molar-refractivity contribution in [2.75, 3.05) is 26.4 Å². The van der Waals surface area contributed by atoms with Crippen LogP contribution in [0.5, 0.6) is 23.0 Å². The molecule has 4 rings (SSSR count). The van der Waals surface area contributed by atoms with E-state index in [1.807, 2.05) is 38.1 Å². The molecule has 0 aromatic heterocycles. The van der Waals surface area contributed by atoms with E-state index in [4.69, 9.17) is 18.9 Å². The van der Waals surface area contributed by atoms with Gasteiger partial charge in [-0.1, -0.05) is 131 Å². The number of hydrogen-bond acceptors (Lipinski definition) is 6. The van der Waals surface area contributed by atoms with E-state index < -0.39 is 12.2 Å². The van der Waals surface area contributed by atoms with Crippen LogP contribution in [0, 0.1) is 11.8 Å². The Balaban J connectivity index is 0.000000290. The van der Waals surface area contributed by atoms with Gasteiger partial charge >= 0.3 is 0 Å². The largest absolute Gasteiger partial charge is 0.493 e. The average Bonchev–Trinajstić information content (AvgIpc) is 3.20. The second kappa shape index (κ2) is 21.8. The van der Waals surface area contributed by atoms with Crippen molar-refractivity contribution in [2.45, 2.75) is 118 Å². The molecule has 296 valence electrons.